The monoisotopic (exact) mass is 453 g/mol. The largest absolute Gasteiger partial charge is 0.416 e. The number of carbonyl (C=O) groups is 1. The summed E-state index contributed by atoms with van der Waals surface area (Å²) in [6.07, 6.45) is 2.32. The van der Waals surface area contributed by atoms with Crippen molar-refractivity contribution >= 4 is 23.0 Å². The fourth-order valence-electron chi connectivity index (χ4n) is 3.32. The molecule has 2 aromatic carbocycles. The van der Waals surface area contributed by atoms with Crippen LogP contribution in [0.25, 0.3) is 0 Å². The third-order valence-electron chi connectivity index (χ3n) is 5.20. The van der Waals surface area contributed by atoms with Crippen molar-refractivity contribution in [2.45, 2.75) is 64.5 Å². The average Bonchev–Trinajstić information content (AvgIpc) is 2.75. The minimum atomic E-state index is -4.35. The Morgan fingerprint density at radius 1 is 0.938 bits per heavy atom. The standard InChI is InChI=1S/C24H31F4N3O/c1-2-3-4-5-6-9-21(32)31-20-15-14-19(22(25)23(20)29)30-16-7-8-17-10-12-18(13-11-17)24(26,27)28/h10-15,30H,2-9,16,29H2,1H3,(H,31,32). The van der Waals surface area contributed by atoms with Gasteiger partial charge in [0.2, 0.25) is 5.91 Å². The molecule has 0 spiro atoms. The second kappa shape index (κ2) is 12.3. The third-order valence-corrected chi connectivity index (χ3v) is 5.20. The number of anilines is 3. The number of hydrogen-bond donors (Lipinski definition) is 3. The summed E-state index contributed by atoms with van der Waals surface area (Å²) in [6, 6.07) is 8.08. The Morgan fingerprint density at radius 3 is 2.25 bits per heavy atom. The number of unbranched alkanes of at least 4 members (excludes halogenated alkanes) is 4. The maximum atomic E-state index is 14.6. The summed E-state index contributed by atoms with van der Waals surface area (Å²) in [6.45, 7) is 2.54. The average molecular weight is 454 g/mol. The van der Waals surface area contributed by atoms with Crippen LogP contribution in [0.3, 0.4) is 0 Å². The molecule has 0 unspecified atom stereocenters. The van der Waals surface area contributed by atoms with Crippen LogP contribution in [0, 0.1) is 5.82 Å². The summed E-state index contributed by atoms with van der Waals surface area (Å²) >= 11 is 0. The fourth-order valence-corrected chi connectivity index (χ4v) is 3.32. The number of halogens is 4. The highest BCUT2D eigenvalue weighted by atomic mass is 19.4. The van der Waals surface area contributed by atoms with Crippen molar-refractivity contribution in [2.24, 2.45) is 0 Å². The van der Waals surface area contributed by atoms with Crippen molar-refractivity contribution in [3.05, 3.63) is 53.3 Å². The van der Waals surface area contributed by atoms with E-state index in [-0.39, 0.29) is 23.0 Å². The van der Waals surface area contributed by atoms with E-state index in [4.69, 9.17) is 5.73 Å². The van der Waals surface area contributed by atoms with Gasteiger partial charge in [-0.3, -0.25) is 4.79 Å². The van der Waals surface area contributed by atoms with E-state index in [2.05, 4.69) is 17.6 Å². The molecule has 0 saturated heterocycles. The molecule has 176 valence electrons. The molecule has 0 aliphatic heterocycles. The van der Waals surface area contributed by atoms with Gasteiger partial charge in [-0.25, -0.2) is 4.39 Å². The summed E-state index contributed by atoms with van der Waals surface area (Å²) < 4.78 is 52.4. The summed E-state index contributed by atoms with van der Waals surface area (Å²) in [7, 11) is 0. The molecule has 1 amide bonds. The number of carbonyl (C=O) groups excluding carboxylic acids is 1. The van der Waals surface area contributed by atoms with E-state index in [0.29, 0.717) is 25.8 Å². The molecule has 0 saturated carbocycles. The first-order valence-corrected chi connectivity index (χ1v) is 11.0. The lowest BCUT2D eigenvalue weighted by Gasteiger charge is -2.13. The zero-order valence-electron chi connectivity index (χ0n) is 18.3. The smallest absolute Gasteiger partial charge is 0.395 e. The molecule has 4 N–H and O–H groups in total. The molecule has 2 rings (SSSR count). The predicted octanol–water partition coefficient (Wildman–Crippen LogP) is 6.77. The van der Waals surface area contributed by atoms with E-state index < -0.39 is 17.6 Å². The fraction of sp³-hybridized carbons (Fsp3) is 0.458. The van der Waals surface area contributed by atoms with E-state index in [9.17, 15) is 22.4 Å². The SMILES string of the molecule is CCCCCCCC(=O)Nc1ccc(NCCCc2ccc(C(F)(F)F)cc2)c(F)c1N. The maximum absolute atomic E-state index is 14.6. The number of rotatable bonds is 12. The second-order valence-corrected chi connectivity index (χ2v) is 7.83. The highest BCUT2D eigenvalue weighted by Gasteiger charge is 2.29. The quantitative estimate of drug-likeness (QED) is 0.189. The first-order valence-electron chi connectivity index (χ1n) is 11.0. The topological polar surface area (TPSA) is 67.2 Å². The van der Waals surface area contributed by atoms with E-state index in [1.807, 2.05) is 0 Å². The third kappa shape index (κ3) is 8.05. The Hall–Kier alpha value is -2.77. The van der Waals surface area contributed by atoms with Crippen LogP contribution in [0.15, 0.2) is 36.4 Å². The molecule has 0 radical (unpaired) electrons. The summed E-state index contributed by atoms with van der Waals surface area (Å²) in [4.78, 5) is 12.0. The number of nitrogens with one attached hydrogen (secondary N) is 2. The molecule has 4 nitrogen and oxygen atoms in total. The van der Waals surface area contributed by atoms with Gasteiger partial charge in [-0.1, -0.05) is 44.7 Å². The summed E-state index contributed by atoms with van der Waals surface area (Å²) in [5, 5.41) is 5.61. The zero-order chi connectivity index (χ0) is 23.6. The first kappa shape index (κ1) is 25.5. The molecule has 0 heterocycles. The van der Waals surface area contributed by atoms with Crippen LogP contribution < -0.4 is 16.4 Å². The molecule has 0 aliphatic carbocycles. The molecule has 2 aromatic rings. The van der Waals surface area contributed by atoms with Gasteiger partial charge in [0.1, 0.15) is 0 Å². The molecule has 0 bridgehead atoms. The lowest BCUT2D eigenvalue weighted by Crippen LogP contribution is -2.14. The molecule has 32 heavy (non-hydrogen) atoms. The minimum Gasteiger partial charge on any atom is -0.395 e. The highest BCUT2D eigenvalue weighted by molar-refractivity contribution is 5.94. The van der Waals surface area contributed by atoms with Gasteiger partial charge in [0.15, 0.2) is 5.82 Å². The number of aryl methyl sites for hydroxylation is 1. The van der Waals surface area contributed by atoms with Crippen LogP contribution in [0.5, 0.6) is 0 Å². The highest BCUT2D eigenvalue weighted by Crippen LogP contribution is 2.30. The van der Waals surface area contributed by atoms with E-state index >= 15 is 0 Å². The van der Waals surface area contributed by atoms with Crippen molar-refractivity contribution in [2.75, 3.05) is 22.9 Å². The molecule has 0 atom stereocenters. The van der Waals surface area contributed by atoms with Crippen molar-refractivity contribution in [1.82, 2.24) is 0 Å². The number of nitrogen functional groups attached to an aromatic ring is 1. The molecule has 0 aromatic heterocycles. The van der Waals surface area contributed by atoms with Crippen LogP contribution in [0.1, 0.15) is 63.0 Å². The molecular formula is C24H31F4N3O. The number of alkyl halides is 3. The van der Waals surface area contributed by atoms with Gasteiger partial charge in [0.05, 0.1) is 22.6 Å². The van der Waals surface area contributed by atoms with Gasteiger partial charge >= 0.3 is 6.18 Å². The van der Waals surface area contributed by atoms with Gasteiger partial charge in [0, 0.05) is 13.0 Å². The van der Waals surface area contributed by atoms with Crippen LogP contribution in [0.4, 0.5) is 34.6 Å². The molecule has 0 aliphatic rings. The van der Waals surface area contributed by atoms with E-state index in [0.717, 1.165) is 49.8 Å². The van der Waals surface area contributed by atoms with Crippen molar-refractivity contribution in [1.29, 1.82) is 0 Å². The molecular weight excluding hydrogens is 422 g/mol. The zero-order valence-corrected chi connectivity index (χ0v) is 18.3. The number of amides is 1. The Bertz CT molecular complexity index is 867. The van der Waals surface area contributed by atoms with Crippen LogP contribution in [0.2, 0.25) is 0 Å². The minimum absolute atomic E-state index is 0.128. The van der Waals surface area contributed by atoms with Crippen LogP contribution in [-0.2, 0) is 17.4 Å². The van der Waals surface area contributed by atoms with Crippen molar-refractivity contribution < 1.29 is 22.4 Å². The summed E-state index contributed by atoms with van der Waals surface area (Å²) in [5.74, 6) is -0.829. The maximum Gasteiger partial charge on any atom is 0.416 e. The second-order valence-electron chi connectivity index (χ2n) is 7.83. The van der Waals surface area contributed by atoms with Gasteiger partial charge in [0.25, 0.3) is 0 Å². The Labute approximate surface area is 186 Å². The predicted molar refractivity (Wildman–Crippen MR) is 121 cm³/mol. The summed E-state index contributed by atoms with van der Waals surface area (Å²) in [5.41, 5.74) is 6.27. The van der Waals surface area contributed by atoms with Crippen LogP contribution >= 0.6 is 0 Å². The number of hydrogen-bond acceptors (Lipinski definition) is 3. The lowest BCUT2D eigenvalue weighted by atomic mass is 10.1. The first-order chi connectivity index (χ1) is 15.2. The Kier molecular flexibility index (Phi) is 9.81. The normalized spacial score (nSPS) is 11.4. The van der Waals surface area contributed by atoms with Gasteiger partial charge in [-0.15, -0.1) is 0 Å². The number of benzene rings is 2. The van der Waals surface area contributed by atoms with E-state index in [1.165, 1.54) is 18.2 Å². The van der Waals surface area contributed by atoms with Gasteiger partial charge in [-0.2, -0.15) is 13.2 Å². The van der Waals surface area contributed by atoms with Crippen molar-refractivity contribution in [3.63, 3.8) is 0 Å². The lowest BCUT2D eigenvalue weighted by molar-refractivity contribution is -0.137. The number of nitrogens with two attached hydrogens (primary N) is 1. The van der Waals surface area contributed by atoms with Gasteiger partial charge in [-0.05, 0) is 49.1 Å². The molecule has 0 fully saturated rings. The Balaban J connectivity index is 1.79. The van der Waals surface area contributed by atoms with Crippen LogP contribution in [-0.4, -0.2) is 12.5 Å². The van der Waals surface area contributed by atoms with E-state index in [1.54, 1.807) is 6.07 Å². The Morgan fingerprint density at radius 2 is 1.59 bits per heavy atom. The van der Waals surface area contributed by atoms with Gasteiger partial charge < -0.3 is 16.4 Å². The van der Waals surface area contributed by atoms with Crippen molar-refractivity contribution in [3.8, 4) is 0 Å². The molecule has 8 heteroatoms.